The molecule has 4 nitrogen and oxygen atoms in total. The molecule has 4 heteroatoms. The van der Waals surface area contributed by atoms with Crippen molar-refractivity contribution in [3.8, 4) is 0 Å². The predicted molar refractivity (Wildman–Crippen MR) is 57.6 cm³/mol. The van der Waals surface area contributed by atoms with E-state index in [1.165, 1.54) is 12.8 Å². The predicted octanol–water partition coefficient (Wildman–Crippen LogP) is 0.235. The molecule has 1 aliphatic carbocycles. The average molecular weight is 212 g/mol. The first-order valence-corrected chi connectivity index (χ1v) is 5.92. The Hall–Kier alpha value is -0.610. The molecular weight excluding hydrogens is 192 g/mol. The summed E-state index contributed by atoms with van der Waals surface area (Å²) < 4.78 is 5.46. The third-order valence-corrected chi connectivity index (χ3v) is 2.98. The van der Waals surface area contributed by atoms with Gasteiger partial charge in [0.05, 0.1) is 13.0 Å². The zero-order chi connectivity index (χ0) is 10.5. The monoisotopic (exact) mass is 212 g/mol. The topological polar surface area (TPSA) is 41.6 Å². The molecule has 1 saturated carbocycles. The molecule has 2 rings (SSSR count). The summed E-state index contributed by atoms with van der Waals surface area (Å²) in [6.07, 6.45) is 3.17. The van der Waals surface area contributed by atoms with E-state index in [9.17, 15) is 4.79 Å². The molecule has 0 aromatic heterocycles. The number of amides is 1. The smallest absolute Gasteiger partial charge is 0.224 e. The number of ether oxygens (including phenoxy) is 1. The van der Waals surface area contributed by atoms with Crippen LogP contribution in [0.4, 0.5) is 0 Å². The second-order valence-electron chi connectivity index (χ2n) is 4.40. The summed E-state index contributed by atoms with van der Waals surface area (Å²) in [5.74, 6) is 1.03. The average Bonchev–Trinajstić information content (AvgIpc) is 3.09. The van der Waals surface area contributed by atoms with Crippen molar-refractivity contribution in [1.29, 1.82) is 0 Å². The summed E-state index contributed by atoms with van der Waals surface area (Å²) in [5.41, 5.74) is 0. The molecule has 86 valence electrons. The largest absolute Gasteiger partial charge is 0.381 e. The maximum Gasteiger partial charge on any atom is 0.224 e. The molecule has 0 unspecified atom stereocenters. The number of carbonyl (C=O) groups excluding carboxylic acids is 1. The van der Waals surface area contributed by atoms with Crippen LogP contribution in [-0.2, 0) is 9.53 Å². The molecule has 0 bridgehead atoms. The van der Waals surface area contributed by atoms with Gasteiger partial charge in [-0.3, -0.25) is 4.79 Å². The van der Waals surface area contributed by atoms with Gasteiger partial charge in [-0.1, -0.05) is 0 Å². The van der Waals surface area contributed by atoms with Gasteiger partial charge >= 0.3 is 0 Å². The number of rotatable bonds is 5. The van der Waals surface area contributed by atoms with Gasteiger partial charge in [0.1, 0.15) is 0 Å². The van der Waals surface area contributed by atoms with Crippen LogP contribution in [0.5, 0.6) is 0 Å². The van der Waals surface area contributed by atoms with Crippen LogP contribution < -0.4 is 5.32 Å². The van der Waals surface area contributed by atoms with Crippen LogP contribution >= 0.6 is 0 Å². The van der Waals surface area contributed by atoms with Crippen molar-refractivity contribution in [2.24, 2.45) is 5.92 Å². The molecule has 0 aromatic rings. The molecule has 15 heavy (non-hydrogen) atoms. The summed E-state index contributed by atoms with van der Waals surface area (Å²) in [5, 5.41) is 3.23. The standard InChI is InChI=1S/C11H20N2O2/c14-11(13-6-4-12-5-7-13)3-8-15-9-10-1-2-10/h10,12H,1-9H2. The molecule has 0 radical (unpaired) electrons. The van der Waals surface area contributed by atoms with Crippen LogP contribution in [0, 0.1) is 5.92 Å². The quantitative estimate of drug-likeness (QED) is 0.664. The molecule has 1 aliphatic heterocycles. The molecule has 2 aliphatic rings. The summed E-state index contributed by atoms with van der Waals surface area (Å²) in [6, 6.07) is 0. The van der Waals surface area contributed by atoms with Crippen molar-refractivity contribution in [2.75, 3.05) is 39.4 Å². The second kappa shape index (κ2) is 5.47. The van der Waals surface area contributed by atoms with Crippen molar-refractivity contribution >= 4 is 5.91 Å². The lowest BCUT2D eigenvalue weighted by Gasteiger charge is -2.27. The molecular formula is C11H20N2O2. The Morgan fingerprint density at radius 2 is 2.07 bits per heavy atom. The highest BCUT2D eigenvalue weighted by Gasteiger charge is 2.21. The van der Waals surface area contributed by atoms with Crippen LogP contribution in [0.3, 0.4) is 0 Å². The highest BCUT2D eigenvalue weighted by Crippen LogP contribution is 2.28. The van der Waals surface area contributed by atoms with Crippen LogP contribution in [0.25, 0.3) is 0 Å². The number of nitrogens with one attached hydrogen (secondary N) is 1. The van der Waals surface area contributed by atoms with Gasteiger partial charge < -0.3 is 15.0 Å². The van der Waals surface area contributed by atoms with Gasteiger partial charge in [-0.25, -0.2) is 0 Å². The first kappa shape index (κ1) is 10.9. The lowest BCUT2D eigenvalue weighted by Crippen LogP contribution is -2.46. The van der Waals surface area contributed by atoms with Crippen molar-refractivity contribution < 1.29 is 9.53 Å². The van der Waals surface area contributed by atoms with Crippen LogP contribution in [0.1, 0.15) is 19.3 Å². The highest BCUT2D eigenvalue weighted by atomic mass is 16.5. The number of carbonyl (C=O) groups is 1. The summed E-state index contributed by atoms with van der Waals surface area (Å²) >= 11 is 0. The lowest BCUT2D eigenvalue weighted by molar-refractivity contribution is -0.132. The summed E-state index contributed by atoms with van der Waals surface area (Å²) in [4.78, 5) is 13.6. The molecule has 0 atom stereocenters. The summed E-state index contributed by atoms with van der Waals surface area (Å²) in [7, 11) is 0. The van der Waals surface area contributed by atoms with Gasteiger partial charge in [-0.15, -0.1) is 0 Å². The number of hydrogen-bond acceptors (Lipinski definition) is 3. The van der Waals surface area contributed by atoms with E-state index in [0.29, 0.717) is 13.0 Å². The minimum absolute atomic E-state index is 0.243. The van der Waals surface area contributed by atoms with E-state index in [-0.39, 0.29) is 5.91 Å². The van der Waals surface area contributed by atoms with E-state index >= 15 is 0 Å². The minimum Gasteiger partial charge on any atom is -0.381 e. The van der Waals surface area contributed by atoms with Crippen LogP contribution in [-0.4, -0.2) is 50.2 Å². The highest BCUT2D eigenvalue weighted by molar-refractivity contribution is 5.76. The van der Waals surface area contributed by atoms with Crippen molar-refractivity contribution in [2.45, 2.75) is 19.3 Å². The van der Waals surface area contributed by atoms with E-state index in [0.717, 1.165) is 38.7 Å². The lowest BCUT2D eigenvalue weighted by atomic mass is 10.3. The normalized spacial score (nSPS) is 21.7. The molecule has 1 heterocycles. The Labute approximate surface area is 91.0 Å². The van der Waals surface area contributed by atoms with E-state index in [1.807, 2.05) is 4.90 Å². The van der Waals surface area contributed by atoms with Gasteiger partial charge in [-0.2, -0.15) is 0 Å². The molecule has 0 spiro atoms. The van der Waals surface area contributed by atoms with E-state index in [2.05, 4.69) is 5.32 Å². The fourth-order valence-electron chi connectivity index (χ4n) is 1.77. The second-order valence-corrected chi connectivity index (χ2v) is 4.40. The van der Waals surface area contributed by atoms with Crippen LogP contribution in [0.2, 0.25) is 0 Å². The minimum atomic E-state index is 0.243. The Bertz CT molecular complexity index is 211. The SMILES string of the molecule is O=C(CCOCC1CC1)N1CCNCC1. The number of nitrogens with zero attached hydrogens (tertiary/aromatic N) is 1. The summed E-state index contributed by atoms with van der Waals surface area (Å²) in [6.45, 7) is 5.00. The Balaban J connectivity index is 1.54. The van der Waals surface area contributed by atoms with Crippen molar-refractivity contribution in [3.63, 3.8) is 0 Å². The van der Waals surface area contributed by atoms with Gasteiger partial charge in [0.2, 0.25) is 5.91 Å². The fourth-order valence-corrected chi connectivity index (χ4v) is 1.77. The van der Waals surface area contributed by atoms with E-state index < -0.39 is 0 Å². The molecule has 2 fully saturated rings. The maximum atomic E-state index is 11.7. The van der Waals surface area contributed by atoms with Crippen molar-refractivity contribution in [3.05, 3.63) is 0 Å². The van der Waals surface area contributed by atoms with Gasteiger partial charge in [0, 0.05) is 32.8 Å². The fraction of sp³-hybridized carbons (Fsp3) is 0.909. The Morgan fingerprint density at radius 3 is 2.73 bits per heavy atom. The maximum absolute atomic E-state index is 11.7. The van der Waals surface area contributed by atoms with Crippen molar-refractivity contribution in [1.82, 2.24) is 10.2 Å². The molecule has 1 amide bonds. The van der Waals surface area contributed by atoms with Crippen LogP contribution in [0.15, 0.2) is 0 Å². The third-order valence-electron chi connectivity index (χ3n) is 2.98. The third kappa shape index (κ3) is 3.80. The zero-order valence-electron chi connectivity index (χ0n) is 9.21. The Morgan fingerprint density at radius 1 is 1.33 bits per heavy atom. The number of piperazine rings is 1. The zero-order valence-corrected chi connectivity index (χ0v) is 9.21. The number of hydrogen-bond donors (Lipinski definition) is 1. The van der Waals surface area contributed by atoms with E-state index in [1.54, 1.807) is 0 Å². The van der Waals surface area contributed by atoms with Gasteiger partial charge in [-0.05, 0) is 18.8 Å². The first-order chi connectivity index (χ1) is 7.36. The molecule has 1 N–H and O–H groups in total. The van der Waals surface area contributed by atoms with Gasteiger partial charge in [0.15, 0.2) is 0 Å². The molecule has 1 saturated heterocycles. The molecule has 0 aromatic carbocycles. The van der Waals surface area contributed by atoms with E-state index in [4.69, 9.17) is 4.74 Å². The van der Waals surface area contributed by atoms with Gasteiger partial charge in [0.25, 0.3) is 0 Å². The first-order valence-electron chi connectivity index (χ1n) is 5.92. The Kier molecular flexibility index (Phi) is 3.97.